The van der Waals surface area contributed by atoms with Gasteiger partial charge in [-0.2, -0.15) is 5.10 Å². The zero-order chi connectivity index (χ0) is 13.3. The van der Waals surface area contributed by atoms with Crippen molar-refractivity contribution < 1.29 is 4.74 Å². The summed E-state index contributed by atoms with van der Waals surface area (Å²) in [6.07, 6.45) is 4.18. The summed E-state index contributed by atoms with van der Waals surface area (Å²) in [5.41, 5.74) is 8.33. The van der Waals surface area contributed by atoms with Gasteiger partial charge in [0.2, 0.25) is 0 Å². The third-order valence-electron chi connectivity index (χ3n) is 3.96. The molecular formula is C13H22BrN3O. The Balaban J connectivity index is 2.13. The number of nitrogens with two attached hydrogens (primary N) is 1. The molecule has 1 aliphatic rings. The van der Waals surface area contributed by atoms with E-state index in [0.717, 1.165) is 41.7 Å². The van der Waals surface area contributed by atoms with Gasteiger partial charge in [-0.25, -0.2) is 0 Å². The molecule has 1 aromatic rings. The van der Waals surface area contributed by atoms with Gasteiger partial charge in [-0.15, -0.1) is 0 Å². The molecule has 1 aliphatic heterocycles. The molecule has 0 radical (unpaired) electrons. The first-order chi connectivity index (χ1) is 8.44. The largest absolute Gasteiger partial charge is 0.374 e. The molecule has 4 nitrogen and oxygen atoms in total. The molecule has 2 atom stereocenters. The van der Waals surface area contributed by atoms with E-state index >= 15 is 0 Å². The molecule has 1 aromatic heterocycles. The van der Waals surface area contributed by atoms with Gasteiger partial charge >= 0.3 is 0 Å². The number of halogens is 1. The zero-order valence-electron chi connectivity index (χ0n) is 11.4. The molecule has 102 valence electrons. The van der Waals surface area contributed by atoms with Crippen molar-refractivity contribution in [1.82, 2.24) is 9.78 Å². The number of hydrogen-bond acceptors (Lipinski definition) is 3. The monoisotopic (exact) mass is 315 g/mol. The van der Waals surface area contributed by atoms with E-state index in [4.69, 9.17) is 10.5 Å². The second-order valence-electron chi connectivity index (χ2n) is 5.40. The molecule has 18 heavy (non-hydrogen) atoms. The third-order valence-corrected chi connectivity index (χ3v) is 4.99. The van der Waals surface area contributed by atoms with E-state index in [1.807, 2.05) is 18.7 Å². The highest BCUT2D eigenvalue weighted by molar-refractivity contribution is 9.10. The van der Waals surface area contributed by atoms with Gasteiger partial charge in [-0.05, 0) is 49.0 Å². The number of rotatable bonds is 3. The van der Waals surface area contributed by atoms with Gasteiger partial charge in [0.15, 0.2) is 0 Å². The second-order valence-corrected chi connectivity index (χ2v) is 6.19. The Morgan fingerprint density at radius 3 is 2.78 bits per heavy atom. The summed E-state index contributed by atoms with van der Waals surface area (Å²) in [6, 6.07) is 0.00361. The fraction of sp³-hybridized carbons (Fsp3) is 0.769. The molecular weight excluding hydrogens is 294 g/mol. The minimum atomic E-state index is -0.199. The van der Waals surface area contributed by atoms with Crippen molar-refractivity contribution in [2.75, 3.05) is 6.61 Å². The van der Waals surface area contributed by atoms with E-state index in [9.17, 15) is 0 Å². The predicted octanol–water partition coefficient (Wildman–Crippen LogP) is 2.32. The Labute approximate surface area is 117 Å². The molecule has 1 saturated heterocycles. The van der Waals surface area contributed by atoms with Crippen molar-refractivity contribution in [2.45, 2.75) is 51.2 Å². The van der Waals surface area contributed by atoms with Crippen LogP contribution in [0.4, 0.5) is 0 Å². The Morgan fingerprint density at radius 1 is 1.56 bits per heavy atom. The summed E-state index contributed by atoms with van der Waals surface area (Å²) >= 11 is 3.59. The Morgan fingerprint density at radius 2 is 2.28 bits per heavy atom. The van der Waals surface area contributed by atoms with Crippen LogP contribution in [0.3, 0.4) is 0 Å². The average molecular weight is 316 g/mol. The number of ether oxygens (including phenoxy) is 1. The standard InChI is InChI=1S/C13H22BrN3O/c1-9-12(14)10(17(3)16-9)8-11(15)13(2)6-4-5-7-18-13/h11H,4-8,15H2,1-3H3. The Kier molecular flexibility index (Phi) is 4.14. The Hall–Kier alpha value is -0.390. The van der Waals surface area contributed by atoms with Crippen LogP contribution in [0.1, 0.15) is 37.6 Å². The fourth-order valence-electron chi connectivity index (χ4n) is 2.57. The SMILES string of the molecule is Cc1nn(C)c(CC(N)C2(C)CCCCO2)c1Br. The highest BCUT2D eigenvalue weighted by Crippen LogP contribution is 2.30. The first kappa shape index (κ1) is 14.0. The lowest BCUT2D eigenvalue weighted by molar-refractivity contribution is -0.0811. The van der Waals surface area contributed by atoms with Crippen molar-refractivity contribution in [2.24, 2.45) is 12.8 Å². The van der Waals surface area contributed by atoms with Crippen LogP contribution in [0.5, 0.6) is 0 Å². The van der Waals surface area contributed by atoms with Crippen LogP contribution in [0.2, 0.25) is 0 Å². The maximum Gasteiger partial charge on any atom is 0.0808 e. The normalized spacial score (nSPS) is 26.3. The van der Waals surface area contributed by atoms with Crippen LogP contribution in [0.25, 0.3) is 0 Å². The van der Waals surface area contributed by atoms with Crippen LogP contribution in [0.15, 0.2) is 4.47 Å². The van der Waals surface area contributed by atoms with Crippen LogP contribution < -0.4 is 5.73 Å². The summed E-state index contributed by atoms with van der Waals surface area (Å²) < 4.78 is 8.89. The van der Waals surface area contributed by atoms with Crippen LogP contribution in [-0.2, 0) is 18.2 Å². The predicted molar refractivity (Wildman–Crippen MR) is 75.5 cm³/mol. The molecule has 1 fully saturated rings. The van der Waals surface area contributed by atoms with Crippen LogP contribution >= 0.6 is 15.9 Å². The summed E-state index contributed by atoms with van der Waals surface area (Å²) in [5.74, 6) is 0. The maximum absolute atomic E-state index is 6.37. The van der Waals surface area contributed by atoms with Gasteiger partial charge in [0, 0.05) is 26.1 Å². The molecule has 2 N–H and O–H groups in total. The van der Waals surface area contributed by atoms with Gasteiger partial charge < -0.3 is 10.5 Å². The van der Waals surface area contributed by atoms with E-state index in [2.05, 4.69) is 28.0 Å². The maximum atomic E-state index is 6.37. The molecule has 2 unspecified atom stereocenters. The van der Waals surface area contributed by atoms with Crippen molar-refractivity contribution in [3.05, 3.63) is 15.9 Å². The summed E-state index contributed by atoms with van der Waals surface area (Å²) in [7, 11) is 1.96. The van der Waals surface area contributed by atoms with E-state index in [-0.39, 0.29) is 11.6 Å². The molecule has 0 amide bonds. The number of hydrogen-bond donors (Lipinski definition) is 1. The fourth-order valence-corrected chi connectivity index (χ4v) is 3.07. The second kappa shape index (κ2) is 5.31. The minimum Gasteiger partial charge on any atom is -0.374 e. The number of aromatic nitrogens is 2. The van der Waals surface area contributed by atoms with E-state index in [1.54, 1.807) is 0 Å². The molecule has 0 aliphatic carbocycles. The molecule has 0 spiro atoms. The lowest BCUT2D eigenvalue weighted by atomic mass is 9.86. The zero-order valence-corrected chi connectivity index (χ0v) is 13.0. The summed E-state index contributed by atoms with van der Waals surface area (Å²) in [4.78, 5) is 0. The minimum absolute atomic E-state index is 0.00361. The summed E-state index contributed by atoms with van der Waals surface area (Å²) in [6.45, 7) is 4.96. The van der Waals surface area contributed by atoms with E-state index < -0.39 is 0 Å². The lowest BCUT2D eigenvalue weighted by Crippen LogP contribution is -2.51. The summed E-state index contributed by atoms with van der Waals surface area (Å²) in [5, 5.41) is 4.40. The van der Waals surface area contributed by atoms with Gasteiger partial charge in [0.25, 0.3) is 0 Å². The molecule has 0 saturated carbocycles. The van der Waals surface area contributed by atoms with E-state index in [1.165, 1.54) is 6.42 Å². The number of aryl methyl sites for hydroxylation is 2. The van der Waals surface area contributed by atoms with Crippen molar-refractivity contribution in [1.29, 1.82) is 0 Å². The van der Waals surface area contributed by atoms with Crippen molar-refractivity contribution >= 4 is 15.9 Å². The molecule has 2 rings (SSSR count). The van der Waals surface area contributed by atoms with Crippen LogP contribution in [0, 0.1) is 6.92 Å². The first-order valence-electron chi connectivity index (χ1n) is 6.51. The van der Waals surface area contributed by atoms with Gasteiger partial charge in [-0.3, -0.25) is 4.68 Å². The average Bonchev–Trinajstić information content (AvgIpc) is 2.57. The van der Waals surface area contributed by atoms with Gasteiger partial charge in [0.1, 0.15) is 0 Å². The smallest absolute Gasteiger partial charge is 0.0808 e. The lowest BCUT2D eigenvalue weighted by Gasteiger charge is -2.38. The van der Waals surface area contributed by atoms with Gasteiger partial charge in [-0.1, -0.05) is 0 Å². The van der Waals surface area contributed by atoms with E-state index in [0.29, 0.717) is 0 Å². The quantitative estimate of drug-likeness (QED) is 0.931. The number of nitrogens with zero attached hydrogens (tertiary/aromatic N) is 2. The van der Waals surface area contributed by atoms with Crippen molar-refractivity contribution in [3.63, 3.8) is 0 Å². The molecule has 0 bridgehead atoms. The Bertz CT molecular complexity index is 424. The molecule has 2 heterocycles. The first-order valence-corrected chi connectivity index (χ1v) is 7.31. The topological polar surface area (TPSA) is 53.1 Å². The molecule has 5 heteroatoms. The van der Waals surface area contributed by atoms with Crippen LogP contribution in [-0.4, -0.2) is 28.0 Å². The third kappa shape index (κ3) is 2.63. The van der Waals surface area contributed by atoms with Crippen molar-refractivity contribution in [3.8, 4) is 0 Å². The van der Waals surface area contributed by atoms with Gasteiger partial charge in [0.05, 0.1) is 21.5 Å². The highest BCUT2D eigenvalue weighted by Gasteiger charge is 2.35. The highest BCUT2D eigenvalue weighted by atomic mass is 79.9. The molecule has 0 aromatic carbocycles.